The molecule has 7 rings (SSSR count). The van der Waals surface area contributed by atoms with Gasteiger partial charge in [-0.25, -0.2) is 23.5 Å². The van der Waals surface area contributed by atoms with Gasteiger partial charge in [0.1, 0.15) is 28.8 Å². The van der Waals surface area contributed by atoms with Crippen LogP contribution < -0.4 is 14.8 Å². The first-order valence-electron chi connectivity index (χ1n) is 15.6. The lowest BCUT2D eigenvalue weighted by Gasteiger charge is -2.10. The number of halogens is 2. The van der Waals surface area contributed by atoms with E-state index in [1.807, 2.05) is 30.3 Å². The maximum Gasteiger partial charge on any atom is 0.367 e. The number of esters is 1. The molecule has 0 aliphatic heterocycles. The van der Waals surface area contributed by atoms with Gasteiger partial charge in [-0.15, -0.1) is 22.7 Å². The number of carbonyl (C=O) groups excluding carboxylic acids is 2. The van der Waals surface area contributed by atoms with Crippen molar-refractivity contribution in [3.63, 3.8) is 0 Å². The summed E-state index contributed by atoms with van der Waals surface area (Å²) in [4.78, 5) is 35.3. The highest BCUT2D eigenvalue weighted by Gasteiger charge is 2.26. The summed E-state index contributed by atoms with van der Waals surface area (Å²) >= 11 is 2.64. The number of anilines is 1. The number of aryl methyl sites for hydroxylation is 2. The molecule has 2 aromatic heterocycles. The number of nitrogens with zero attached hydrogens (tertiary/aromatic N) is 2. The Balaban J connectivity index is 0.000000173. The number of fused-ring (bicyclic) bond motifs is 6. The van der Waals surface area contributed by atoms with Crippen LogP contribution in [0.4, 0.5) is 14.5 Å². The predicted octanol–water partition coefficient (Wildman–Crippen LogP) is 8.32. The first-order valence-corrected chi connectivity index (χ1v) is 17.2. The Labute approximate surface area is 284 Å². The molecule has 8 nitrogen and oxygen atoms in total. The molecule has 0 spiro atoms. The molecule has 2 aliphatic carbocycles. The van der Waals surface area contributed by atoms with Crippen LogP contribution in [0.3, 0.4) is 0 Å². The Hall–Kier alpha value is -4.68. The van der Waals surface area contributed by atoms with Gasteiger partial charge in [0.2, 0.25) is 5.01 Å². The molecular formula is C36H33F2N3O5S2. The van der Waals surface area contributed by atoms with Crippen molar-refractivity contribution in [2.45, 2.75) is 45.4 Å². The number of aromatic nitrogens is 2. The topological polar surface area (TPSA) is 99.6 Å². The molecule has 0 saturated heterocycles. The fourth-order valence-corrected chi connectivity index (χ4v) is 8.06. The number of ether oxygens (including phenoxy) is 3. The second-order valence-corrected chi connectivity index (χ2v) is 13.0. The van der Waals surface area contributed by atoms with Crippen molar-refractivity contribution in [2.24, 2.45) is 0 Å². The first kappa shape index (κ1) is 33.2. The lowest BCUT2D eigenvalue weighted by atomic mass is 10.0. The zero-order valence-electron chi connectivity index (χ0n) is 26.7. The Morgan fingerprint density at radius 1 is 0.750 bits per heavy atom. The number of hydrogen-bond donors (Lipinski definition) is 1. The van der Waals surface area contributed by atoms with Crippen molar-refractivity contribution in [1.29, 1.82) is 0 Å². The summed E-state index contributed by atoms with van der Waals surface area (Å²) in [6.07, 6.45) is 5.33. The average molecular weight is 690 g/mol. The second-order valence-electron chi connectivity index (χ2n) is 11.0. The number of nitrogens with one attached hydrogen (secondary N) is 1. The summed E-state index contributed by atoms with van der Waals surface area (Å²) in [7, 11) is 3.33. The van der Waals surface area contributed by atoms with Crippen LogP contribution >= 0.6 is 22.7 Å². The molecule has 2 aliphatic rings. The number of benzene rings is 3. The molecule has 3 aromatic carbocycles. The van der Waals surface area contributed by atoms with E-state index in [9.17, 15) is 18.4 Å². The maximum atomic E-state index is 13.8. The molecule has 0 fully saturated rings. The number of methoxy groups -OCH3 is 2. The van der Waals surface area contributed by atoms with E-state index in [-0.39, 0.29) is 11.0 Å². The van der Waals surface area contributed by atoms with Crippen molar-refractivity contribution in [3.05, 3.63) is 98.8 Å². The van der Waals surface area contributed by atoms with Gasteiger partial charge in [0.15, 0.2) is 5.01 Å². The molecule has 48 heavy (non-hydrogen) atoms. The minimum absolute atomic E-state index is 0.179. The molecular weight excluding hydrogens is 657 g/mol. The van der Waals surface area contributed by atoms with Gasteiger partial charge >= 0.3 is 5.97 Å². The van der Waals surface area contributed by atoms with Crippen molar-refractivity contribution in [3.8, 4) is 32.4 Å². The molecule has 0 atom stereocenters. The van der Waals surface area contributed by atoms with Gasteiger partial charge in [-0.05, 0) is 69.7 Å². The largest absolute Gasteiger partial charge is 0.496 e. The van der Waals surface area contributed by atoms with Crippen LogP contribution in [0.1, 0.15) is 61.9 Å². The molecule has 248 valence electrons. The molecule has 12 heteroatoms. The van der Waals surface area contributed by atoms with Gasteiger partial charge in [0, 0.05) is 22.3 Å². The normalized spacial score (nSPS) is 12.9. The number of hydrogen-bond acceptors (Lipinski definition) is 9. The first-order chi connectivity index (χ1) is 23.3. The van der Waals surface area contributed by atoms with Gasteiger partial charge in [0.05, 0.1) is 42.0 Å². The fourth-order valence-electron chi connectivity index (χ4n) is 5.94. The highest BCUT2D eigenvalue weighted by Crippen LogP contribution is 2.42. The van der Waals surface area contributed by atoms with E-state index in [1.54, 1.807) is 21.1 Å². The molecule has 5 aromatic rings. The zero-order chi connectivity index (χ0) is 33.8. The number of rotatable bonds is 6. The van der Waals surface area contributed by atoms with Gasteiger partial charge in [-0.3, -0.25) is 4.79 Å². The van der Waals surface area contributed by atoms with Crippen LogP contribution in [0.15, 0.2) is 54.6 Å². The number of carbonyl (C=O) groups is 2. The molecule has 0 unspecified atom stereocenters. The van der Waals surface area contributed by atoms with E-state index in [0.717, 1.165) is 100.0 Å². The van der Waals surface area contributed by atoms with Crippen molar-refractivity contribution < 1.29 is 32.6 Å². The van der Waals surface area contributed by atoms with Crippen molar-refractivity contribution >= 4 is 40.2 Å². The third kappa shape index (κ3) is 6.67. The van der Waals surface area contributed by atoms with E-state index >= 15 is 0 Å². The predicted molar refractivity (Wildman–Crippen MR) is 183 cm³/mol. The average Bonchev–Trinajstić information content (AvgIpc) is 3.62. The standard InChI is InChI=1S/C20H16F2N2O2S.C16H17NO3S/c1-26-16-10-3-6-12-11(16)5-2-9-15-18(12)27-20(23-15)19(25)24-17-13(21)7-4-8-14(17)22;1-3-20-16(18)15-17-12-8-4-6-10-11(14(12)21-15)7-5-9-13(10)19-2/h3-4,6-8,10H,2,5,9H2,1H3,(H,24,25);5,7,9H,3-4,6,8H2,1-2H3. The summed E-state index contributed by atoms with van der Waals surface area (Å²) in [6.45, 7) is 2.17. The fraction of sp³-hybridized carbons (Fsp3) is 0.278. The Morgan fingerprint density at radius 3 is 1.77 bits per heavy atom. The lowest BCUT2D eigenvalue weighted by Crippen LogP contribution is -2.14. The molecule has 1 N–H and O–H groups in total. The number of amides is 1. The second kappa shape index (κ2) is 14.6. The van der Waals surface area contributed by atoms with Crippen molar-refractivity contribution in [1.82, 2.24) is 9.97 Å². The molecule has 0 radical (unpaired) electrons. The summed E-state index contributed by atoms with van der Waals surface area (Å²) in [6, 6.07) is 15.3. The van der Waals surface area contributed by atoms with E-state index in [1.165, 1.54) is 34.3 Å². The summed E-state index contributed by atoms with van der Waals surface area (Å²) in [5.74, 6) is -0.880. The smallest absolute Gasteiger partial charge is 0.367 e. The highest BCUT2D eigenvalue weighted by atomic mass is 32.1. The van der Waals surface area contributed by atoms with Crippen molar-refractivity contribution in [2.75, 3.05) is 26.1 Å². The van der Waals surface area contributed by atoms with Crippen LogP contribution in [-0.2, 0) is 30.4 Å². The third-order valence-electron chi connectivity index (χ3n) is 8.12. The molecule has 2 heterocycles. The minimum atomic E-state index is -0.823. The van der Waals surface area contributed by atoms with E-state index in [2.05, 4.69) is 21.4 Å². The quantitative estimate of drug-likeness (QED) is 0.179. The number of para-hydroxylation sites is 1. The SMILES string of the molecule is CCOC(=O)c1nc2c(s1)-c1cccc(OC)c1CCC2.COc1cccc2c1CCCc1nc(C(=O)Nc3c(F)cccc3F)sc1-2. The van der Waals surface area contributed by atoms with Gasteiger partial charge in [0.25, 0.3) is 5.91 Å². The van der Waals surface area contributed by atoms with Crippen LogP contribution in [0, 0.1) is 11.6 Å². The maximum absolute atomic E-state index is 13.8. The van der Waals surface area contributed by atoms with E-state index in [4.69, 9.17) is 14.2 Å². The third-order valence-corrected chi connectivity index (χ3v) is 10.4. The summed E-state index contributed by atoms with van der Waals surface area (Å²) < 4.78 is 43.6. The molecule has 0 saturated carbocycles. The Bertz CT molecular complexity index is 1970. The summed E-state index contributed by atoms with van der Waals surface area (Å²) in [5.41, 5.74) is 5.79. The monoisotopic (exact) mass is 689 g/mol. The van der Waals surface area contributed by atoms with Gasteiger partial charge in [-0.2, -0.15) is 0 Å². The highest BCUT2D eigenvalue weighted by molar-refractivity contribution is 7.17. The van der Waals surface area contributed by atoms with E-state index < -0.39 is 23.2 Å². The van der Waals surface area contributed by atoms with Crippen LogP contribution in [0.25, 0.3) is 20.9 Å². The summed E-state index contributed by atoms with van der Waals surface area (Å²) in [5, 5.41) is 2.92. The minimum Gasteiger partial charge on any atom is -0.496 e. The Kier molecular flexibility index (Phi) is 10.1. The Morgan fingerprint density at radius 2 is 1.25 bits per heavy atom. The van der Waals surface area contributed by atoms with Gasteiger partial charge < -0.3 is 19.5 Å². The lowest BCUT2D eigenvalue weighted by molar-refractivity contribution is 0.0525. The molecule has 1 amide bonds. The van der Waals surface area contributed by atoms with E-state index in [0.29, 0.717) is 11.6 Å². The zero-order valence-corrected chi connectivity index (χ0v) is 28.3. The number of thiazole rings is 2. The van der Waals surface area contributed by atoms with Crippen LogP contribution in [0.2, 0.25) is 0 Å². The molecule has 0 bridgehead atoms. The van der Waals surface area contributed by atoms with Gasteiger partial charge in [-0.1, -0.05) is 30.3 Å². The van der Waals surface area contributed by atoms with Crippen LogP contribution in [-0.4, -0.2) is 42.7 Å². The van der Waals surface area contributed by atoms with Crippen LogP contribution in [0.5, 0.6) is 11.5 Å².